The summed E-state index contributed by atoms with van der Waals surface area (Å²) >= 11 is 0. The van der Waals surface area contributed by atoms with Crippen molar-refractivity contribution in [2.45, 2.75) is 51.2 Å². The van der Waals surface area contributed by atoms with Gasteiger partial charge in [-0.1, -0.05) is 5.16 Å². The average molecular weight is 331 g/mol. The molecule has 7 nitrogen and oxygen atoms in total. The number of aryl methyl sites for hydroxylation is 2. The fourth-order valence-corrected chi connectivity index (χ4v) is 4.31. The number of ether oxygens (including phenoxy) is 1. The molecule has 1 N–H and O–H groups in total. The molecule has 0 bridgehead atoms. The standard InChI is InChI=1S/C14H25N3O4S/c1-10-8-17(9-11(2)20-10)7-5-6-15-22(18,19)14-12(3)16-21-13(14)4/h10-11,15H,5-9H2,1-4H3. The lowest BCUT2D eigenvalue weighted by Gasteiger charge is -2.35. The first kappa shape index (κ1) is 17.4. The Balaban J connectivity index is 1.81. The van der Waals surface area contributed by atoms with E-state index in [-0.39, 0.29) is 17.1 Å². The van der Waals surface area contributed by atoms with E-state index in [2.05, 4.69) is 28.6 Å². The summed E-state index contributed by atoms with van der Waals surface area (Å²) in [6.45, 7) is 10.4. The van der Waals surface area contributed by atoms with Crippen LogP contribution in [0.15, 0.2) is 9.42 Å². The summed E-state index contributed by atoms with van der Waals surface area (Å²) < 4.78 is 37.7. The third-order valence-corrected chi connectivity index (χ3v) is 5.38. The Bertz CT molecular complexity index is 570. The molecule has 126 valence electrons. The van der Waals surface area contributed by atoms with Crippen LogP contribution in [0.5, 0.6) is 0 Å². The fourth-order valence-electron chi connectivity index (χ4n) is 2.91. The van der Waals surface area contributed by atoms with Gasteiger partial charge in [-0.15, -0.1) is 0 Å². The monoisotopic (exact) mass is 331 g/mol. The van der Waals surface area contributed by atoms with Crippen LogP contribution in [-0.4, -0.2) is 56.9 Å². The quantitative estimate of drug-likeness (QED) is 0.785. The Morgan fingerprint density at radius 2 is 1.91 bits per heavy atom. The smallest absolute Gasteiger partial charge is 0.245 e. The molecule has 2 unspecified atom stereocenters. The van der Waals surface area contributed by atoms with Crippen molar-refractivity contribution >= 4 is 10.0 Å². The van der Waals surface area contributed by atoms with Crippen LogP contribution in [0.3, 0.4) is 0 Å². The van der Waals surface area contributed by atoms with Gasteiger partial charge in [0.2, 0.25) is 10.0 Å². The SMILES string of the molecule is Cc1noc(C)c1S(=O)(=O)NCCCN1CC(C)OC(C)C1. The van der Waals surface area contributed by atoms with Gasteiger partial charge in [-0.3, -0.25) is 4.90 Å². The molecule has 1 aliphatic rings. The predicted octanol–water partition coefficient (Wildman–Crippen LogP) is 1.07. The molecule has 2 rings (SSSR count). The Hall–Kier alpha value is -0.960. The summed E-state index contributed by atoms with van der Waals surface area (Å²) in [7, 11) is -3.55. The van der Waals surface area contributed by atoms with E-state index in [4.69, 9.17) is 9.26 Å². The predicted molar refractivity (Wildman–Crippen MR) is 82.2 cm³/mol. The van der Waals surface area contributed by atoms with Crippen molar-refractivity contribution in [3.05, 3.63) is 11.5 Å². The normalized spacial score (nSPS) is 23.8. The molecule has 1 saturated heterocycles. The van der Waals surface area contributed by atoms with Gasteiger partial charge in [0.1, 0.15) is 10.6 Å². The van der Waals surface area contributed by atoms with Gasteiger partial charge in [0.15, 0.2) is 5.76 Å². The van der Waals surface area contributed by atoms with E-state index in [1.807, 2.05) is 0 Å². The second-order valence-corrected chi connectivity index (χ2v) is 7.63. The molecule has 2 heterocycles. The average Bonchev–Trinajstić information content (AvgIpc) is 2.74. The third-order valence-electron chi connectivity index (χ3n) is 3.68. The van der Waals surface area contributed by atoms with Gasteiger partial charge < -0.3 is 9.26 Å². The van der Waals surface area contributed by atoms with Crippen molar-refractivity contribution in [3.63, 3.8) is 0 Å². The van der Waals surface area contributed by atoms with Crippen LogP contribution in [0.2, 0.25) is 0 Å². The zero-order chi connectivity index (χ0) is 16.3. The van der Waals surface area contributed by atoms with Crippen LogP contribution < -0.4 is 4.72 Å². The van der Waals surface area contributed by atoms with E-state index >= 15 is 0 Å². The molecule has 8 heteroatoms. The first-order valence-corrected chi connectivity index (χ1v) is 9.08. The number of nitrogens with zero attached hydrogens (tertiary/aromatic N) is 2. The molecule has 0 aliphatic carbocycles. The maximum absolute atomic E-state index is 12.2. The Labute approximate surface area is 132 Å². The highest BCUT2D eigenvalue weighted by molar-refractivity contribution is 7.89. The van der Waals surface area contributed by atoms with Gasteiger partial charge in [-0.2, -0.15) is 0 Å². The minimum Gasteiger partial charge on any atom is -0.373 e. The molecule has 2 atom stereocenters. The summed E-state index contributed by atoms with van der Waals surface area (Å²) in [4.78, 5) is 2.46. The lowest BCUT2D eigenvalue weighted by molar-refractivity contribution is -0.0679. The lowest BCUT2D eigenvalue weighted by Crippen LogP contribution is -2.46. The molecular formula is C14H25N3O4S. The van der Waals surface area contributed by atoms with Crippen molar-refractivity contribution in [2.75, 3.05) is 26.2 Å². The van der Waals surface area contributed by atoms with E-state index < -0.39 is 10.0 Å². The van der Waals surface area contributed by atoms with E-state index in [0.29, 0.717) is 18.0 Å². The fraction of sp³-hybridized carbons (Fsp3) is 0.786. The van der Waals surface area contributed by atoms with Gasteiger partial charge in [0.05, 0.1) is 12.2 Å². The molecule has 1 fully saturated rings. The first-order chi connectivity index (χ1) is 10.3. The maximum atomic E-state index is 12.2. The maximum Gasteiger partial charge on any atom is 0.245 e. The van der Waals surface area contributed by atoms with Crippen LogP contribution in [-0.2, 0) is 14.8 Å². The molecule has 22 heavy (non-hydrogen) atoms. The third kappa shape index (κ3) is 4.28. The summed E-state index contributed by atoms with van der Waals surface area (Å²) in [6, 6.07) is 0. The summed E-state index contributed by atoms with van der Waals surface area (Å²) in [6.07, 6.45) is 1.20. The summed E-state index contributed by atoms with van der Waals surface area (Å²) in [5.41, 5.74) is 0.390. The molecule has 1 aliphatic heterocycles. The van der Waals surface area contributed by atoms with Crippen LogP contribution in [0.1, 0.15) is 31.7 Å². The number of hydrogen-bond acceptors (Lipinski definition) is 6. The second-order valence-electron chi connectivity index (χ2n) is 5.92. The molecule has 1 aromatic heterocycles. The molecule has 0 amide bonds. The molecule has 0 saturated carbocycles. The number of nitrogens with one attached hydrogen (secondary N) is 1. The van der Waals surface area contributed by atoms with Gasteiger partial charge in [0.25, 0.3) is 0 Å². The number of hydrogen-bond donors (Lipinski definition) is 1. The van der Waals surface area contributed by atoms with Crippen molar-refractivity contribution in [1.29, 1.82) is 0 Å². The molecular weight excluding hydrogens is 306 g/mol. The van der Waals surface area contributed by atoms with Crippen molar-refractivity contribution in [2.24, 2.45) is 0 Å². The van der Waals surface area contributed by atoms with E-state index in [1.165, 1.54) is 0 Å². The second kappa shape index (κ2) is 7.08. The van der Waals surface area contributed by atoms with E-state index in [0.717, 1.165) is 26.1 Å². The van der Waals surface area contributed by atoms with E-state index in [9.17, 15) is 8.42 Å². The van der Waals surface area contributed by atoms with Gasteiger partial charge in [0, 0.05) is 19.6 Å². The Morgan fingerprint density at radius 3 is 2.45 bits per heavy atom. The molecule has 0 aromatic carbocycles. The van der Waals surface area contributed by atoms with Gasteiger partial charge in [-0.05, 0) is 40.7 Å². The van der Waals surface area contributed by atoms with Crippen molar-refractivity contribution in [3.8, 4) is 0 Å². The van der Waals surface area contributed by atoms with Crippen LogP contribution in [0.4, 0.5) is 0 Å². The minimum atomic E-state index is -3.55. The number of rotatable bonds is 6. The Morgan fingerprint density at radius 1 is 1.27 bits per heavy atom. The highest BCUT2D eigenvalue weighted by Crippen LogP contribution is 2.18. The van der Waals surface area contributed by atoms with Gasteiger partial charge >= 0.3 is 0 Å². The zero-order valence-corrected chi connectivity index (χ0v) is 14.4. The van der Waals surface area contributed by atoms with Crippen LogP contribution >= 0.6 is 0 Å². The lowest BCUT2D eigenvalue weighted by atomic mass is 10.2. The minimum absolute atomic E-state index is 0.154. The van der Waals surface area contributed by atoms with Crippen LogP contribution in [0, 0.1) is 13.8 Å². The molecule has 1 aromatic rings. The number of sulfonamides is 1. The summed E-state index contributed by atoms with van der Waals surface area (Å²) in [5, 5.41) is 3.68. The largest absolute Gasteiger partial charge is 0.373 e. The number of aromatic nitrogens is 1. The number of morpholine rings is 1. The van der Waals surface area contributed by atoms with E-state index in [1.54, 1.807) is 13.8 Å². The van der Waals surface area contributed by atoms with Crippen molar-refractivity contribution < 1.29 is 17.7 Å². The first-order valence-electron chi connectivity index (χ1n) is 7.60. The zero-order valence-electron chi connectivity index (χ0n) is 13.6. The molecule has 0 radical (unpaired) electrons. The highest BCUT2D eigenvalue weighted by atomic mass is 32.2. The van der Waals surface area contributed by atoms with Crippen LogP contribution in [0.25, 0.3) is 0 Å². The summed E-state index contributed by atoms with van der Waals surface area (Å²) in [5.74, 6) is 0.320. The highest BCUT2D eigenvalue weighted by Gasteiger charge is 2.24. The van der Waals surface area contributed by atoms with Crippen molar-refractivity contribution in [1.82, 2.24) is 14.8 Å². The molecule has 0 spiro atoms. The topological polar surface area (TPSA) is 84.7 Å². The van der Waals surface area contributed by atoms with Gasteiger partial charge in [-0.25, -0.2) is 13.1 Å². The Kier molecular flexibility index (Phi) is 5.60.